The van der Waals surface area contributed by atoms with Crippen molar-refractivity contribution in [2.24, 2.45) is 0 Å². The Morgan fingerprint density at radius 2 is 2.27 bits per heavy atom. The Morgan fingerprint density at radius 1 is 1.53 bits per heavy atom. The molecule has 0 radical (unpaired) electrons. The highest BCUT2D eigenvalue weighted by atomic mass is 16.3. The number of hydrogen-bond donors (Lipinski definition) is 1. The first-order valence-electron chi connectivity index (χ1n) is 5.92. The lowest BCUT2D eigenvalue weighted by Crippen LogP contribution is -2.54. The van der Waals surface area contributed by atoms with E-state index in [0.29, 0.717) is 6.04 Å². The number of nitrogens with zero attached hydrogens (tertiary/aromatic N) is 2. The predicted octanol–water partition coefficient (Wildman–Crippen LogP) is 0.949. The van der Waals surface area contributed by atoms with E-state index in [2.05, 4.69) is 23.3 Å². The number of piperazine rings is 1. The Hall–Kier alpha value is -0.380. The van der Waals surface area contributed by atoms with Crippen LogP contribution in [0.15, 0.2) is 12.7 Å². The molecule has 2 unspecified atom stereocenters. The zero-order valence-corrected chi connectivity index (χ0v) is 10.0. The maximum absolute atomic E-state index is 9.42. The summed E-state index contributed by atoms with van der Waals surface area (Å²) in [4.78, 5) is 4.84. The van der Waals surface area contributed by atoms with E-state index >= 15 is 0 Å². The summed E-state index contributed by atoms with van der Waals surface area (Å²) in [5, 5.41) is 9.42. The normalized spacial score (nSPS) is 26.5. The lowest BCUT2D eigenvalue weighted by atomic mass is 10.1. The van der Waals surface area contributed by atoms with Crippen LogP contribution in [0.4, 0.5) is 0 Å². The first kappa shape index (κ1) is 12.7. The third-order valence-corrected chi connectivity index (χ3v) is 3.05. The van der Waals surface area contributed by atoms with Crippen molar-refractivity contribution in [3.63, 3.8) is 0 Å². The van der Waals surface area contributed by atoms with Gasteiger partial charge in [-0.25, -0.2) is 0 Å². The van der Waals surface area contributed by atoms with Crippen LogP contribution in [0.1, 0.15) is 20.3 Å². The van der Waals surface area contributed by atoms with E-state index in [1.54, 1.807) is 0 Å². The zero-order valence-electron chi connectivity index (χ0n) is 10.0. The molecule has 0 saturated carbocycles. The van der Waals surface area contributed by atoms with Crippen molar-refractivity contribution in [1.29, 1.82) is 0 Å². The molecular formula is C12H24N2O. The Balaban J connectivity index is 2.44. The molecule has 1 heterocycles. The summed E-state index contributed by atoms with van der Waals surface area (Å²) in [6.07, 6.45) is 2.90. The average molecular weight is 212 g/mol. The molecule has 0 spiro atoms. The van der Waals surface area contributed by atoms with Gasteiger partial charge in [0.25, 0.3) is 0 Å². The summed E-state index contributed by atoms with van der Waals surface area (Å²) in [5.41, 5.74) is 0. The third-order valence-electron chi connectivity index (χ3n) is 3.05. The molecule has 0 aromatic heterocycles. The van der Waals surface area contributed by atoms with Gasteiger partial charge in [0, 0.05) is 38.8 Å². The van der Waals surface area contributed by atoms with Crippen LogP contribution in [0.5, 0.6) is 0 Å². The fourth-order valence-electron chi connectivity index (χ4n) is 2.27. The monoisotopic (exact) mass is 212 g/mol. The molecule has 0 aliphatic carbocycles. The largest absolute Gasteiger partial charge is 0.392 e. The van der Waals surface area contributed by atoms with Crippen LogP contribution in [0, 0.1) is 0 Å². The third kappa shape index (κ3) is 3.93. The van der Waals surface area contributed by atoms with Crippen LogP contribution in [0.25, 0.3) is 0 Å². The lowest BCUT2D eigenvalue weighted by Gasteiger charge is -2.41. The van der Waals surface area contributed by atoms with Gasteiger partial charge in [-0.1, -0.05) is 13.0 Å². The Labute approximate surface area is 93.4 Å². The quantitative estimate of drug-likeness (QED) is 0.687. The molecule has 1 aliphatic heterocycles. The van der Waals surface area contributed by atoms with Crippen LogP contribution >= 0.6 is 0 Å². The summed E-state index contributed by atoms with van der Waals surface area (Å²) in [6, 6.07) is 0.591. The molecule has 0 aromatic rings. The van der Waals surface area contributed by atoms with Crippen molar-refractivity contribution in [3.8, 4) is 0 Å². The van der Waals surface area contributed by atoms with E-state index in [1.165, 1.54) is 0 Å². The van der Waals surface area contributed by atoms with Gasteiger partial charge in [-0.2, -0.15) is 0 Å². The lowest BCUT2D eigenvalue weighted by molar-refractivity contribution is 0.0408. The number of hydrogen-bond acceptors (Lipinski definition) is 3. The van der Waals surface area contributed by atoms with Gasteiger partial charge in [-0.3, -0.25) is 9.80 Å². The zero-order chi connectivity index (χ0) is 11.3. The van der Waals surface area contributed by atoms with Crippen LogP contribution < -0.4 is 0 Å². The second kappa shape index (κ2) is 6.26. The molecule has 1 aliphatic rings. The first-order valence-corrected chi connectivity index (χ1v) is 5.92. The summed E-state index contributed by atoms with van der Waals surface area (Å²) >= 11 is 0. The van der Waals surface area contributed by atoms with Crippen molar-refractivity contribution >= 4 is 0 Å². The van der Waals surface area contributed by atoms with Crippen molar-refractivity contribution in [2.45, 2.75) is 32.4 Å². The molecule has 15 heavy (non-hydrogen) atoms. The van der Waals surface area contributed by atoms with Gasteiger partial charge in [-0.05, 0) is 13.3 Å². The van der Waals surface area contributed by atoms with Crippen LogP contribution in [0.3, 0.4) is 0 Å². The topological polar surface area (TPSA) is 26.7 Å². The summed E-state index contributed by atoms with van der Waals surface area (Å²) in [7, 11) is 0. The van der Waals surface area contributed by atoms with Gasteiger partial charge in [0.1, 0.15) is 0 Å². The molecule has 2 atom stereocenters. The van der Waals surface area contributed by atoms with Gasteiger partial charge < -0.3 is 5.11 Å². The summed E-state index contributed by atoms with van der Waals surface area (Å²) < 4.78 is 0. The van der Waals surface area contributed by atoms with Crippen molar-refractivity contribution < 1.29 is 5.11 Å². The Bertz CT molecular complexity index is 194. The minimum atomic E-state index is -0.218. The molecule has 1 N–H and O–H groups in total. The Morgan fingerprint density at radius 3 is 2.80 bits per heavy atom. The minimum Gasteiger partial charge on any atom is -0.392 e. The SMILES string of the molecule is C=CCN1CCN(CC(C)O)C(CC)C1. The molecule has 88 valence electrons. The number of aliphatic hydroxyl groups excluding tert-OH is 1. The highest BCUT2D eigenvalue weighted by Crippen LogP contribution is 2.13. The fraction of sp³-hybridized carbons (Fsp3) is 0.833. The second-order valence-electron chi connectivity index (χ2n) is 4.45. The maximum atomic E-state index is 9.42. The molecule has 3 nitrogen and oxygen atoms in total. The molecule has 1 rings (SSSR count). The number of aliphatic hydroxyl groups is 1. The van der Waals surface area contributed by atoms with Crippen molar-refractivity contribution in [3.05, 3.63) is 12.7 Å². The van der Waals surface area contributed by atoms with Crippen LogP contribution in [-0.2, 0) is 0 Å². The molecule has 0 aromatic carbocycles. The van der Waals surface area contributed by atoms with Gasteiger partial charge >= 0.3 is 0 Å². The van der Waals surface area contributed by atoms with E-state index in [4.69, 9.17) is 0 Å². The van der Waals surface area contributed by atoms with E-state index in [0.717, 1.165) is 39.1 Å². The van der Waals surface area contributed by atoms with Crippen molar-refractivity contribution in [2.75, 3.05) is 32.7 Å². The van der Waals surface area contributed by atoms with Gasteiger partial charge in [0.05, 0.1) is 6.10 Å². The number of β-amino-alcohol motifs (C(OH)–C–C–N with tert-alkyl or cyclic N) is 1. The summed E-state index contributed by atoms with van der Waals surface area (Å²) in [5.74, 6) is 0. The van der Waals surface area contributed by atoms with E-state index < -0.39 is 0 Å². The highest BCUT2D eigenvalue weighted by Gasteiger charge is 2.25. The Kier molecular flexibility index (Phi) is 5.29. The molecule has 3 heteroatoms. The van der Waals surface area contributed by atoms with Crippen LogP contribution in [0.2, 0.25) is 0 Å². The predicted molar refractivity (Wildman–Crippen MR) is 64.0 cm³/mol. The highest BCUT2D eigenvalue weighted by molar-refractivity contribution is 4.85. The molecule has 1 fully saturated rings. The molecule has 0 bridgehead atoms. The van der Waals surface area contributed by atoms with E-state index in [1.807, 2.05) is 13.0 Å². The first-order chi connectivity index (χ1) is 7.17. The van der Waals surface area contributed by atoms with Gasteiger partial charge in [-0.15, -0.1) is 6.58 Å². The van der Waals surface area contributed by atoms with Crippen molar-refractivity contribution in [1.82, 2.24) is 9.80 Å². The standard InChI is InChI=1S/C12H24N2O/c1-4-6-13-7-8-14(9-11(3)15)12(5-2)10-13/h4,11-12,15H,1,5-10H2,2-3H3. The van der Waals surface area contributed by atoms with Crippen LogP contribution in [-0.4, -0.2) is 59.8 Å². The van der Waals surface area contributed by atoms with E-state index in [9.17, 15) is 5.11 Å². The fourth-order valence-corrected chi connectivity index (χ4v) is 2.27. The molecular weight excluding hydrogens is 188 g/mol. The van der Waals surface area contributed by atoms with Gasteiger partial charge in [0.2, 0.25) is 0 Å². The van der Waals surface area contributed by atoms with E-state index in [-0.39, 0.29) is 6.10 Å². The number of rotatable bonds is 5. The maximum Gasteiger partial charge on any atom is 0.0639 e. The second-order valence-corrected chi connectivity index (χ2v) is 4.45. The average Bonchev–Trinajstić information content (AvgIpc) is 2.20. The van der Waals surface area contributed by atoms with Gasteiger partial charge in [0.15, 0.2) is 0 Å². The molecule has 0 amide bonds. The molecule has 1 saturated heterocycles. The minimum absolute atomic E-state index is 0.218. The smallest absolute Gasteiger partial charge is 0.0639 e. The summed E-state index contributed by atoms with van der Waals surface area (Å²) in [6.45, 7) is 12.9.